The summed E-state index contributed by atoms with van der Waals surface area (Å²) in [6, 6.07) is 10.8. The van der Waals surface area contributed by atoms with Gasteiger partial charge >= 0.3 is 0 Å². The molecular weight excluding hydrogens is 268 g/mol. The SMILES string of the molecule is CCCCCCCCn1cc[n+](CCC)c1-c1ccccc1. The predicted octanol–water partition coefficient (Wildman–Crippen LogP) is 5.21. The maximum atomic E-state index is 2.44. The molecule has 0 aliphatic rings. The summed E-state index contributed by atoms with van der Waals surface area (Å²) >= 11 is 0. The van der Waals surface area contributed by atoms with E-state index in [0.29, 0.717) is 0 Å². The molecule has 0 bridgehead atoms. The maximum absolute atomic E-state index is 2.44. The van der Waals surface area contributed by atoms with Gasteiger partial charge in [0.05, 0.1) is 18.7 Å². The van der Waals surface area contributed by atoms with Crippen molar-refractivity contribution in [1.82, 2.24) is 4.57 Å². The zero-order valence-electron chi connectivity index (χ0n) is 14.3. The zero-order valence-corrected chi connectivity index (χ0v) is 14.3. The maximum Gasteiger partial charge on any atom is 0.288 e. The number of imidazole rings is 1. The van der Waals surface area contributed by atoms with Crippen molar-refractivity contribution in [3.05, 3.63) is 42.7 Å². The van der Waals surface area contributed by atoms with Gasteiger partial charge in [0, 0.05) is 0 Å². The molecule has 0 unspecified atom stereocenters. The first-order valence-corrected chi connectivity index (χ1v) is 9.00. The van der Waals surface area contributed by atoms with E-state index in [1.807, 2.05) is 0 Å². The van der Waals surface area contributed by atoms with Gasteiger partial charge in [-0.1, -0.05) is 57.7 Å². The first-order valence-electron chi connectivity index (χ1n) is 9.00. The zero-order chi connectivity index (χ0) is 15.6. The molecule has 120 valence electrons. The Bertz CT molecular complexity index is 528. The highest BCUT2D eigenvalue weighted by molar-refractivity contribution is 5.52. The van der Waals surface area contributed by atoms with Crippen molar-refractivity contribution >= 4 is 0 Å². The molecular formula is C20H31N2+. The molecule has 0 atom stereocenters. The Morgan fingerprint density at radius 2 is 1.59 bits per heavy atom. The van der Waals surface area contributed by atoms with Crippen LogP contribution in [-0.2, 0) is 13.1 Å². The van der Waals surface area contributed by atoms with Gasteiger partial charge in [0.25, 0.3) is 5.82 Å². The lowest BCUT2D eigenvalue weighted by Crippen LogP contribution is -2.34. The summed E-state index contributed by atoms with van der Waals surface area (Å²) in [5, 5.41) is 0. The van der Waals surface area contributed by atoms with Crippen molar-refractivity contribution < 1.29 is 4.57 Å². The Kier molecular flexibility index (Phi) is 7.21. The van der Waals surface area contributed by atoms with Gasteiger partial charge in [0.2, 0.25) is 0 Å². The van der Waals surface area contributed by atoms with Gasteiger partial charge in [-0.15, -0.1) is 0 Å². The van der Waals surface area contributed by atoms with Crippen LogP contribution in [0.4, 0.5) is 0 Å². The van der Waals surface area contributed by atoms with Crippen LogP contribution in [0, 0.1) is 0 Å². The normalized spacial score (nSPS) is 11.0. The fourth-order valence-electron chi connectivity index (χ4n) is 3.05. The fourth-order valence-corrected chi connectivity index (χ4v) is 3.05. The molecule has 0 saturated carbocycles. The van der Waals surface area contributed by atoms with Crippen LogP contribution in [0.1, 0.15) is 58.8 Å². The van der Waals surface area contributed by atoms with Gasteiger partial charge < -0.3 is 0 Å². The highest BCUT2D eigenvalue weighted by Gasteiger charge is 2.18. The molecule has 0 aliphatic carbocycles. The molecule has 1 aromatic heterocycles. The Morgan fingerprint density at radius 1 is 0.864 bits per heavy atom. The molecule has 2 nitrogen and oxygen atoms in total. The molecule has 0 N–H and O–H groups in total. The van der Waals surface area contributed by atoms with Gasteiger partial charge in [-0.25, -0.2) is 9.13 Å². The van der Waals surface area contributed by atoms with Crippen LogP contribution in [0.25, 0.3) is 11.4 Å². The highest BCUT2D eigenvalue weighted by Crippen LogP contribution is 2.17. The lowest BCUT2D eigenvalue weighted by Gasteiger charge is -2.05. The number of nitrogens with zero attached hydrogens (tertiary/aromatic N) is 2. The first-order chi connectivity index (χ1) is 10.9. The van der Waals surface area contributed by atoms with Crippen molar-refractivity contribution in [2.45, 2.75) is 71.9 Å². The summed E-state index contributed by atoms with van der Waals surface area (Å²) in [6.07, 6.45) is 13.8. The van der Waals surface area contributed by atoms with Crippen LogP contribution in [0.5, 0.6) is 0 Å². The monoisotopic (exact) mass is 299 g/mol. The van der Waals surface area contributed by atoms with E-state index in [1.165, 1.54) is 56.3 Å². The Labute approximate surface area is 135 Å². The molecule has 22 heavy (non-hydrogen) atoms. The minimum atomic E-state index is 1.09. The Balaban J connectivity index is 2.01. The summed E-state index contributed by atoms with van der Waals surface area (Å²) in [5.74, 6) is 1.36. The van der Waals surface area contributed by atoms with E-state index in [2.05, 4.69) is 65.7 Å². The summed E-state index contributed by atoms with van der Waals surface area (Å²) in [4.78, 5) is 0. The van der Waals surface area contributed by atoms with E-state index < -0.39 is 0 Å². The second-order valence-corrected chi connectivity index (χ2v) is 6.14. The Hall–Kier alpha value is -1.57. The van der Waals surface area contributed by atoms with Crippen molar-refractivity contribution in [3.63, 3.8) is 0 Å². The molecule has 1 aromatic carbocycles. The third kappa shape index (κ3) is 4.72. The lowest BCUT2D eigenvalue weighted by atomic mass is 10.1. The number of benzene rings is 1. The molecule has 2 aromatic rings. The van der Waals surface area contributed by atoms with Crippen LogP contribution >= 0.6 is 0 Å². The fraction of sp³-hybridized carbons (Fsp3) is 0.550. The molecule has 0 radical (unpaired) electrons. The quantitative estimate of drug-likeness (QED) is 0.420. The van der Waals surface area contributed by atoms with Crippen molar-refractivity contribution in [2.24, 2.45) is 0 Å². The molecule has 2 heteroatoms. The van der Waals surface area contributed by atoms with E-state index in [4.69, 9.17) is 0 Å². The largest absolute Gasteiger partial charge is 0.288 e. The predicted molar refractivity (Wildman–Crippen MR) is 93.7 cm³/mol. The van der Waals surface area contributed by atoms with Crippen LogP contribution in [0.15, 0.2) is 42.7 Å². The first kappa shape index (κ1) is 16.8. The third-order valence-electron chi connectivity index (χ3n) is 4.22. The standard InChI is InChI=1S/C20H31N2/c1-3-5-6-7-8-12-16-22-18-17-21(15-4-2)20(22)19-13-10-9-11-14-19/h9-11,13-14,17-18H,3-8,12,15-16H2,1-2H3/q+1. The number of aryl methyl sites for hydroxylation is 2. The van der Waals surface area contributed by atoms with E-state index >= 15 is 0 Å². The number of rotatable bonds is 10. The molecule has 0 saturated heterocycles. The van der Waals surface area contributed by atoms with Crippen LogP contribution in [0.3, 0.4) is 0 Å². The molecule has 0 aliphatic heterocycles. The van der Waals surface area contributed by atoms with E-state index in [1.54, 1.807) is 0 Å². The summed E-state index contributed by atoms with van der Waals surface area (Å²) < 4.78 is 4.83. The number of aromatic nitrogens is 2. The van der Waals surface area contributed by atoms with Crippen molar-refractivity contribution in [1.29, 1.82) is 0 Å². The second kappa shape index (κ2) is 9.45. The van der Waals surface area contributed by atoms with E-state index in [9.17, 15) is 0 Å². The molecule has 0 amide bonds. The minimum absolute atomic E-state index is 1.09. The highest BCUT2D eigenvalue weighted by atomic mass is 15.1. The van der Waals surface area contributed by atoms with E-state index in [-0.39, 0.29) is 0 Å². The van der Waals surface area contributed by atoms with Gasteiger partial charge in [-0.05, 0) is 31.4 Å². The lowest BCUT2D eigenvalue weighted by molar-refractivity contribution is -0.685. The average molecular weight is 299 g/mol. The third-order valence-corrected chi connectivity index (χ3v) is 4.22. The number of hydrogen-bond donors (Lipinski definition) is 0. The van der Waals surface area contributed by atoms with Gasteiger partial charge in [0.1, 0.15) is 12.4 Å². The van der Waals surface area contributed by atoms with Gasteiger partial charge in [0.15, 0.2) is 0 Å². The van der Waals surface area contributed by atoms with E-state index in [0.717, 1.165) is 13.1 Å². The summed E-state index contributed by atoms with van der Waals surface area (Å²) in [5.41, 5.74) is 1.33. The molecule has 2 rings (SSSR count). The van der Waals surface area contributed by atoms with Crippen molar-refractivity contribution in [2.75, 3.05) is 0 Å². The van der Waals surface area contributed by atoms with Crippen LogP contribution < -0.4 is 4.57 Å². The van der Waals surface area contributed by atoms with Crippen LogP contribution in [-0.4, -0.2) is 4.57 Å². The second-order valence-electron chi connectivity index (χ2n) is 6.14. The molecule has 0 fully saturated rings. The topological polar surface area (TPSA) is 8.81 Å². The smallest absolute Gasteiger partial charge is 0.230 e. The van der Waals surface area contributed by atoms with Crippen LogP contribution in [0.2, 0.25) is 0 Å². The Morgan fingerprint density at radius 3 is 2.32 bits per heavy atom. The minimum Gasteiger partial charge on any atom is -0.230 e. The number of hydrogen-bond acceptors (Lipinski definition) is 0. The molecule has 1 heterocycles. The summed E-state index contributed by atoms with van der Waals surface area (Å²) in [7, 11) is 0. The average Bonchev–Trinajstić information content (AvgIpc) is 2.95. The van der Waals surface area contributed by atoms with Gasteiger partial charge in [-0.3, -0.25) is 0 Å². The van der Waals surface area contributed by atoms with Gasteiger partial charge in [-0.2, -0.15) is 0 Å². The summed E-state index contributed by atoms with van der Waals surface area (Å²) in [6.45, 7) is 6.74. The molecule has 0 spiro atoms. The van der Waals surface area contributed by atoms with Crippen molar-refractivity contribution in [3.8, 4) is 11.4 Å². The number of unbranched alkanes of at least 4 members (excludes halogenated alkanes) is 5.